The molecule has 0 aromatic heterocycles. The lowest BCUT2D eigenvalue weighted by Crippen LogP contribution is -2.21. The monoisotopic (exact) mass is 214 g/mol. The maximum Gasteiger partial charge on any atom is 0.274 e. The molecule has 2 rings (SSSR count). The first-order valence-electron chi connectivity index (χ1n) is 4.27. The third kappa shape index (κ3) is 1.58. The molecule has 1 aliphatic rings. The van der Waals surface area contributed by atoms with Crippen molar-refractivity contribution in [2.75, 3.05) is 6.61 Å². The lowest BCUT2D eigenvalue weighted by molar-refractivity contribution is 0.275. The molecule has 1 aromatic carbocycles. The van der Waals surface area contributed by atoms with Gasteiger partial charge in [0.05, 0.1) is 0 Å². The molecule has 1 radical (unpaired) electrons. The van der Waals surface area contributed by atoms with Crippen LogP contribution in [-0.4, -0.2) is 13.0 Å². The molecule has 1 heterocycles. The fourth-order valence-electron chi connectivity index (χ4n) is 1.35. The van der Waals surface area contributed by atoms with Crippen LogP contribution in [0.4, 0.5) is 13.2 Å². The second-order valence-electron chi connectivity index (χ2n) is 3.52. The first-order chi connectivity index (χ1) is 7.03. The number of benzene rings is 1. The first-order valence-corrected chi connectivity index (χ1v) is 4.27. The van der Waals surface area contributed by atoms with Gasteiger partial charge in [-0.1, -0.05) is 0 Å². The van der Waals surface area contributed by atoms with E-state index in [1.165, 1.54) is 0 Å². The van der Waals surface area contributed by atoms with Crippen molar-refractivity contribution >= 4 is 6.40 Å². The largest absolute Gasteiger partial charge is 0.471 e. The summed E-state index contributed by atoms with van der Waals surface area (Å²) >= 11 is 0. The van der Waals surface area contributed by atoms with Gasteiger partial charge in [-0.2, -0.15) is 0 Å². The van der Waals surface area contributed by atoms with E-state index in [-0.39, 0.29) is 12.2 Å². The van der Waals surface area contributed by atoms with E-state index in [9.17, 15) is 13.2 Å². The second-order valence-corrected chi connectivity index (χ2v) is 3.52. The minimum absolute atomic E-state index is 0.136. The molecule has 0 saturated heterocycles. The summed E-state index contributed by atoms with van der Waals surface area (Å²) in [5.41, 5.74) is -0.668. The van der Waals surface area contributed by atoms with Gasteiger partial charge < -0.3 is 4.74 Å². The molecule has 0 spiro atoms. The van der Waals surface area contributed by atoms with Crippen LogP contribution >= 0.6 is 0 Å². The number of rotatable bonds is 1. The first kappa shape index (κ1) is 10.0. The molecule has 1 unspecified atom stereocenters. The van der Waals surface area contributed by atoms with Gasteiger partial charge in [0.2, 0.25) is 0 Å². The van der Waals surface area contributed by atoms with Crippen LogP contribution in [0.5, 0.6) is 0 Å². The van der Waals surface area contributed by atoms with Crippen molar-refractivity contribution in [1.82, 2.24) is 0 Å². The molecule has 1 aromatic rings. The Hall–Kier alpha value is -1.52. The van der Waals surface area contributed by atoms with Crippen molar-refractivity contribution in [3.8, 4) is 0 Å². The summed E-state index contributed by atoms with van der Waals surface area (Å²) in [6.07, 6.45) is 2.25. The Balaban J connectivity index is 2.50. The average Bonchev–Trinajstić information content (AvgIpc) is 2.62. The highest BCUT2D eigenvalue weighted by Gasteiger charge is 2.32. The van der Waals surface area contributed by atoms with E-state index < -0.39 is 23.0 Å². The maximum absolute atomic E-state index is 12.9. The molecule has 5 heteroatoms. The van der Waals surface area contributed by atoms with Crippen LogP contribution in [0, 0.1) is 17.5 Å². The predicted octanol–water partition coefficient (Wildman–Crippen LogP) is 2.25. The lowest BCUT2D eigenvalue weighted by atomic mass is 9.94. The van der Waals surface area contributed by atoms with Crippen molar-refractivity contribution in [3.05, 3.63) is 35.1 Å². The van der Waals surface area contributed by atoms with Gasteiger partial charge in [0.25, 0.3) is 6.40 Å². The Morgan fingerprint density at radius 2 is 1.93 bits per heavy atom. The van der Waals surface area contributed by atoms with Crippen molar-refractivity contribution in [1.29, 1.82) is 0 Å². The Morgan fingerprint density at radius 3 is 2.40 bits per heavy atom. The van der Waals surface area contributed by atoms with Gasteiger partial charge in [-0.15, -0.1) is 0 Å². The Kier molecular flexibility index (Phi) is 2.17. The second kappa shape index (κ2) is 3.25. The number of aliphatic imine (C=N–C) groups is 1. The fraction of sp³-hybridized carbons (Fsp3) is 0.300. The Bertz CT molecular complexity index is 410. The van der Waals surface area contributed by atoms with Gasteiger partial charge >= 0.3 is 0 Å². The van der Waals surface area contributed by atoms with E-state index in [2.05, 4.69) is 11.4 Å². The molecule has 2 nitrogen and oxygen atoms in total. The molecule has 1 atom stereocenters. The quantitative estimate of drug-likeness (QED) is 0.657. The molecule has 0 fully saturated rings. The van der Waals surface area contributed by atoms with Crippen LogP contribution in [0.3, 0.4) is 0 Å². The average molecular weight is 214 g/mol. The number of hydrogen-bond donors (Lipinski definition) is 0. The normalized spacial score (nSPS) is 24.3. The van der Waals surface area contributed by atoms with Crippen LogP contribution in [0.1, 0.15) is 12.5 Å². The van der Waals surface area contributed by atoms with Gasteiger partial charge in [-0.25, -0.2) is 18.2 Å². The molecule has 79 valence electrons. The molecule has 0 saturated carbocycles. The van der Waals surface area contributed by atoms with E-state index in [1.54, 1.807) is 6.92 Å². The van der Waals surface area contributed by atoms with Gasteiger partial charge in [0.15, 0.2) is 17.5 Å². The zero-order valence-electron chi connectivity index (χ0n) is 7.85. The molecule has 15 heavy (non-hydrogen) atoms. The van der Waals surface area contributed by atoms with Crippen LogP contribution < -0.4 is 0 Å². The van der Waals surface area contributed by atoms with Gasteiger partial charge in [-0.05, 0) is 24.6 Å². The fourth-order valence-corrected chi connectivity index (χ4v) is 1.35. The van der Waals surface area contributed by atoms with E-state index >= 15 is 0 Å². The summed E-state index contributed by atoms with van der Waals surface area (Å²) in [5.74, 6) is -3.93. The zero-order valence-corrected chi connectivity index (χ0v) is 7.85. The highest BCUT2D eigenvalue weighted by Crippen LogP contribution is 2.30. The molecule has 0 bridgehead atoms. The molecule has 0 amide bonds. The molecular weight excluding hydrogens is 207 g/mol. The maximum atomic E-state index is 12.9. The van der Waals surface area contributed by atoms with E-state index in [0.29, 0.717) is 0 Å². The highest BCUT2D eigenvalue weighted by atomic mass is 19.2. The SMILES string of the molecule is CC1(c2cc(F)c(F)c(F)c2)CO[C]=N1. The van der Waals surface area contributed by atoms with Crippen LogP contribution in [0.2, 0.25) is 0 Å². The third-order valence-electron chi connectivity index (χ3n) is 2.32. The van der Waals surface area contributed by atoms with Gasteiger partial charge in [-0.3, -0.25) is 0 Å². The summed E-state index contributed by atoms with van der Waals surface area (Å²) in [6, 6.07) is 1.83. The number of halogens is 3. The lowest BCUT2D eigenvalue weighted by Gasteiger charge is -2.19. The van der Waals surface area contributed by atoms with E-state index in [1.807, 2.05) is 0 Å². The summed E-state index contributed by atoms with van der Waals surface area (Å²) in [4.78, 5) is 3.82. The van der Waals surface area contributed by atoms with Crippen molar-refractivity contribution < 1.29 is 17.9 Å². The minimum atomic E-state index is -1.48. The zero-order chi connectivity index (χ0) is 11.1. The molecular formula is C10H7F3NO. The van der Waals surface area contributed by atoms with Crippen LogP contribution in [-0.2, 0) is 10.3 Å². The summed E-state index contributed by atoms with van der Waals surface area (Å²) < 4.78 is 43.4. The van der Waals surface area contributed by atoms with Gasteiger partial charge in [0.1, 0.15) is 12.1 Å². The molecule has 1 aliphatic heterocycles. The van der Waals surface area contributed by atoms with Crippen molar-refractivity contribution in [3.63, 3.8) is 0 Å². The van der Waals surface area contributed by atoms with Crippen LogP contribution in [0.25, 0.3) is 0 Å². The predicted molar refractivity (Wildman–Crippen MR) is 47.1 cm³/mol. The number of nitrogens with zero attached hydrogens (tertiary/aromatic N) is 1. The summed E-state index contributed by atoms with van der Waals surface area (Å²) in [5, 5.41) is 0. The van der Waals surface area contributed by atoms with Crippen molar-refractivity contribution in [2.45, 2.75) is 12.5 Å². The Morgan fingerprint density at radius 1 is 1.33 bits per heavy atom. The van der Waals surface area contributed by atoms with Crippen molar-refractivity contribution in [2.24, 2.45) is 4.99 Å². The van der Waals surface area contributed by atoms with E-state index in [4.69, 9.17) is 4.74 Å². The minimum Gasteiger partial charge on any atom is -0.471 e. The standard InChI is InChI=1S/C10H7F3NO/c1-10(4-15-5-14-10)6-2-7(11)9(13)8(12)3-6/h2-3H,4H2,1H3. The number of ether oxygens (including phenoxy) is 1. The molecule has 0 aliphatic carbocycles. The highest BCUT2D eigenvalue weighted by molar-refractivity contribution is 5.52. The van der Waals surface area contributed by atoms with Gasteiger partial charge in [0, 0.05) is 0 Å². The third-order valence-corrected chi connectivity index (χ3v) is 2.32. The van der Waals surface area contributed by atoms with Crippen LogP contribution in [0.15, 0.2) is 17.1 Å². The number of hydrogen-bond acceptors (Lipinski definition) is 2. The smallest absolute Gasteiger partial charge is 0.274 e. The summed E-state index contributed by atoms with van der Waals surface area (Å²) in [7, 11) is 0. The topological polar surface area (TPSA) is 21.6 Å². The Labute approximate surface area is 84.4 Å². The summed E-state index contributed by atoms with van der Waals surface area (Å²) in [6.45, 7) is 1.76. The molecule has 0 N–H and O–H groups in total. The van der Waals surface area contributed by atoms with E-state index in [0.717, 1.165) is 12.1 Å².